The molecule has 0 aliphatic heterocycles. The molecule has 1 aromatic carbocycles. The third kappa shape index (κ3) is 1.56. The average molecular weight is 323 g/mol. The largest absolute Gasteiger partial charge is 0.327 e. The van der Waals surface area contributed by atoms with E-state index in [1.165, 1.54) is 0 Å². The lowest BCUT2D eigenvalue weighted by Crippen LogP contribution is -2.01. The number of aromatic amines is 1. The van der Waals surface area contributed by atoms with Gasteiger partial charge in [-0.3, -0.25) is 4.57 Å². The van der Waals surface area contributed by atoms with Crippen LogP contribution in [0.3, 0.4) is 0 Å². The van der Waals surface area contributed by atoms with E-state index in [-0.39, 0.29) is 0 Å². The molecule has 6 heteroatoms. The van der Waals surface area contributed by atoms with Gasteiger partial charge in [-0.2, -0.15) is 5.10 Å². The van der Waals surface area contributed by atoms with Crippen LogP contribution < -0.4 is 0 Å². The number of para-hydroxylation sites is 1. The van der Waals surface area contributed by atoms with Gasteiger partial charge in [0.2, 0.25) is 0 Å². The number of fused-ring (bicyclic) bond motifs is 1. The maximum Gasteiger partial charge on any atom is 0.184 e. The van der Waals surface area contributed by atoms with E-state index >= 15 is 0 Å². The maximum absolute atomic E-state index is 5.41. The summed E-state index contributed by atoms with van der Waals surface area (Å²) in [4.78, 5) is 3.22. The van der Waals surface area contributed by atoms with Crippen LogP contribution in [0, 0.1) is 11.7 Å². The van der Waals surface area contributed by atoms with Gasteiger partial charge >= 0.3 is 0 Å². The summed E-state index contributed by atoms with van der Waals surface area (Å²) in [6.45, 7) is 1.97. The first kappa shape index (κ1) is 11.7. The van der Waals surface area contributed by atoms with Crippen LogP contribution in [0.4, 0.5) is 0 Å². The highest BCUT2D eigenvalue weighted by Crippen LogP contribution is 2.26. The number of rotatable bonds is 1. The molecule has 2 aromatic heterocycles. The quantitative estimate of drug-likeness (QED) is 0.696. The number of hydrogen-bond donors (Lipinski definition) is 1. The first-order valence-corrected chi connectivity index (χ1v) is 6.69. The second kappa shape index (κ2) is 4.07. The van der Waals surface area contributed by atoms with Crippen LogP contribution in [0.2, 0.25) is 0 Å². The summed E-state index contributed by atoms with van der Waals surface area (Å²) >= 11 is 8.97. The third-order valence-corrected chi connectivity index (χ3v) is 3.89. The van der Waals surface area contributed by atoms with Crippen LogP contribution in [-0.2, 0) is 7.05 Å². The second-order valence-corrected chi connectivity index (χ2v) is 5.37. The molecule has 2 heterocycles. The van der Waals surface area contributed by atoms with Gasteiger partial charge in [-0.25, -0.2) is 4.68 Å². The van der Waals surface area contributed by atoms with Gasteiger partial charge in [0.15, 0.2) is 10.4 Å². The van der Waals surface area contributed by atoms with Crippen molar-refractivity contribution in [2.45, 2.75) is 6.92 Å². The zero-order chi connectivity index (χ0) is 12.9. The van der Waals surface area contributed by atoms with Gasteiger partial charge in [-0.05, 0) is 47.2 Å². The SMILES string of the molecule is Cc1nn(C)c2c1[nH]c(=S)n2-c1ccccc1Br. The van der Waals surface area contributed by atoms with Gasteiger partial charge in [0.1, 0.15) is 5.52 Å². The van der Waals surface area contributed by atoms with Crippen LogP contribution in [0.5, 0.6) is 0 Å². The summed E-state index contributed by atoms with van der Waals surface area (Å²) in [7, 11) is 1.92. The minimum Gasteiger partial charge on any atom is -0.327 e. The Hall–Kier alpha value is -1.40. The molecule has 0 radical (unpaired) electrons. The minimum absolute atomic E-state index is 0.674. The number of hydrogen-bond acceptors (Lipinski definition) is 2. The van der Waals surface area contributed by atoms with E-state index in [9.17, 15) is 0 Å². The molecule has 3 aromatic rings. The van der Waals surface area contributed by atoms with Crippen molar-refractivity contribution in [3.05, 3.63) is 39.2 Å². The number of aromatic nitrogens is 4. The molecule has 0 saturated carbocycles. The van der Waals surface area contributed by atoms with Crippen LogP contribution >= 0.6 is 28.1 Å². The van der Waals surface area contributed by atoms with Crippen molar-refractivity contribution < 1.29 is 0 Å². The Labute approximate surface area is 117 Å². The standard InChI is InChI=1S/C12H11BrN4S/c1-7-10-11(16(2)15-7)17(12(18)14-10)9-6-4-3-5-8(9)13/h3-6H,1-2H3,(H,14,18). The van der Waals surface area contributed by atoms with Crippen molar-refractivity contribution >= 4 is 39.3 Å². The summed E-state index contributed by atoms with van der Waals surface area (Å²) in [6, 6.07) is 7.99. The van der Waals surface area contributed by atoms with Crippen molar-refractivity contribution in [1.29, 1.82) is 0 Å². The Morgan fingerprint density at radius 2 is 2.06 bits per heavy atom. The molecule has 0 spiro atoms. The number of halogens is 1. The highest BCUT2D eigenvalue weighted by molar-refractivity contribution is 9.10. The molecule has 18 heavy (non-hydrogen) atoms. The molecule has 0 unspecified atom stereocenters. The number of imidazole rings is 1. The Morgan fingerprint density at radius 1 is 1.33 bits per heavy atom. The van der Waals surface area contributed by atoms with Crippen LogP contribution in [0.1, 0.15) is 5.69 Å². The van der Waals surface area contributed by atoms with E-state index in [1.54, 1.807) is 0 Å². The van der Waals surface area contributed by atoms with E-state index in [2.05, 4.69) is 26.0 Å². The third-order valence-electron chi connectivity index (χ3n) is 2.93. The number of nitrogens with zero attached hydrogens (tertiary/aromatic N) is 3. The first-order chi connectivity index (χ1) is 8.59. The van der Waals surface area contributed by atoms with Crippen molar-refractivity contribution in [2.75, 3.05) is 0 Å². The fourth-order valence-electron chi connectivity index (χ4n) is 2.16. The highest BCUT2D eigenvalue weighted by atomic mass is 79.9. The summed E-state index contributed by atoms with van der Waals surface area (Å²) in [5, 5.41) is 4.41. The Balaban J connectivity index is 2.46. The second-order valence-electron chi connectivity index (χ2n) is 4.12. The monoisotopic (exact) mass is 322 g/mol. The van der Waals surface area contributed by atoms with Crippen molar-refractivity contribution in [1.82, 2.24) is 19.3 Å². The maximum atomic E-state index is 5.41. The highest BCUT2D eigenvalue weighted by Gasteiger charge is 2.15. The lowest BCUT2D eigenvalue weighted by Gasteiger charge is -2.06. The van der Waals surface area contributed by atoms with Gasteiger partial charge in [0, 0.05) is 11.5 Å². The average Bonchev–Trinajstić information content (AvgIpc) is 2.79. The molecule has 1 N–H and O–H groups in total. The zero-order valence-corrected chi connectivity index (χ0v) is 12.3. The molecule has 0 atom stereocenters. The molecule has 0 bridgehead atoms. The molecule has 0 fully saturated rings. The molecule has 0 amide bonds. The zero-order valence-electron chi connectivity index (χ0n) is 9.94. The summed E-state index contributed by atoms with van der Waals surface area (Å²) < 4.78 is 5.51. The molecular formula is C12H11BrN4S. The normalized spacial score (nSPS) is 11.3. The molecular weight excluding hydrogens is 312 g/mol. The lowest BCUT2D eigenvalue weighted by molar-refractivity contribution is 0.759. The lowest BCUT2D eigenvalue weighted by atomic mass is 10.3. The summed E-state index contributed by atoms with van der Waals surface area (Å²) in [6.07, 6.45) is 0. The van der Waals surface area contributed by atoms with E-state index < -0.39 is 0 Å². The van der Waals surface area contributed by atoms with E-state index in [0.717, 1.165) is 27.0 Å². The van der Waals surface area contributed by atoms with Crippen LogP contribution in [0.15, 0.2) is 28.7 Å². The molecule has 0 aliphatic rings. The number of H-pyrrole nitrogens is 1. The van der Waals surface area contributed by atoms with Crippen molar-refractivity contribution in [3.8, 4) is 5.69 Å². The molecule has 3 rings (SSSR count). The number of aryl methyl sites for hydroxylation is 2. The summed E-state index contributed by atoms with van der Waals surface area (Å²) in [5.74, 6) is 0. The molecule has 0 saturated heterocycles. The van der Waals surface area contributed by atoms with Crippen molar-refractivity contribution in [2.24, 2.45) is 7.05 Å². The predicted octanol–water partition coefficient (Wildman–Crippen LogP) is 3.49. The van der Waals surface area contributed by atoms with Gasteiger partial charge in [-0.15, -0.1) is 0 Å². The Kier molecular flexibility index (Phi) is 2.64. The predicted molar refractivity (Wildman–Crippen MR) is 77.7 cm³/mol. The fraction of sp³-hybridized carbons (Fsp3) is 0.167. The van der Waals surface area contributed by atoms with Gasteiger partial charge in [0.25, 0.3) is 0 Å². The van der Waals surface area contributed by atoms with E-state index in [0.29, 0.717) is 4.77 Å². The number of nitrogens with one attached hydrogen (secondary N) is 1. The minimum atomic E-state index is 0.674. The van der Waals surface area contributed by atoms with E-state index in [1.807, 2.05) is 47.5 Å². The first-order valence-electron chi connectivity index (χ1n) is 5.49. The van der Waals surface area contributed by atoms with Gasteiger partial charge in [0.05, 0.1) is 11.4 Å². The molecule has 92 valence electrons. The van der Waals surface area contributed by atoms with E-state index in [4.69, 9.17) is 12.2 Å². The molecule has 0 aliphatic carbocycles. The van der Waals surface area contributed by atoms with Gasteiger partial charge in [-0.1, -0.05) is 12.1 Å². The van der Waals surface area contributed by atoms with Crippen LogP contribution in [0.25, 0.3) is 16.9 Å². The Morgan fingerprint density at radius 3 is 2.78 bits per heavy atom. The Bertz CT molecular complexity index is 796. The fourth-order valence-corrected chi connectivity index (χ4v) is 2.91. The van der Waals surface area contributed by atoms with Crippen LogP contribution in [-0.4, -0.2) is 19.3 Å². The van der Waals surface area contributed by atoms with Crippen molar-refractivity contribution in [3.63, 3.8) is 0 Å². The van der Waals surface area contributed by atoms with Gasteiger partial charge < -0.3 is 4.98 Å². The number of benzene rings is 1. The molecule has 4 nitrogen and oxygen atoms in total. The topological polar surface area (TPSA) is 38.5 Å². The smallest absolute Gasteiger partial charge is 0.184 e. The summed E-state index contributed by atoms with van der Waals surface area (Å²) in [5.41, 5.74) is 3.92.